The van der Waals surface area contributed by atoms with E-state index in [-0.39, 0.29) is 5.91 Å². The van der Waals surface area contributed by atoms with Crippen LogP contribution >= 0.6 is 33.9 Å². The Labute approximate surface area is 111 Å². The minimum absolute atomic E-state index is 0.0413. The lowest BCUT2D eigenvalue weighted by atomic mass is 10.3. The van der Waals surface area contributed by atoms with E-state index >= 15 is 0 Å². The highest BCUT2D eigenvalue weighted by molar-refractivity contribution is 14.1. The molecule has 0 aliphatic heterocycles. The van der Waals surface area contributed by atoms with Crippen molar-refractivity contribution < 1.29 is 4.79 Å². The summed E-state index contributed by atoms with van der Waals surface area (Å²) in [5.41, 5.74) is 1.70. The van der Waals surface area contributed by atoms with Crippen LogP contribution in [0.25, 0.3) is 0 Å². The Morgan fingerprint density at radius 1 is 1.69 bits per heavy atom. The number of nitrogens with zero attached hydrogens (tertiary/aromatic N) is 2. The van der Waals surface area contributed by atoms with Crippen LogP contribution in [0.5, 0.6) is 0 Å². The number of carbonyl (C=O) groups is 1. The summed E-state index contributed by atoms with van der Waals surface area (Å²) in [6.45, 7) is 0.502. The minimum Gasteiger partial charge on any atom is -0.346 e. The summed E-state index contributed by atoms with van der Waals surface area (Å²) in [7, 11) is 1.86. The first-order valence-corrected chi connectivity index (χ1v) is 6.62. The number of rotatable bonds is 3. The van der Waals surface area contributed by atoms with Gasteiger partial charge in [0.2, 0.25) is 0 Å². The molecule has 16 heavy (non-hydrogen) atoms. The first kappa shape index (κ1) is 11.6. The lowest BCUT2D eigenvalue weighted by Gasteiger charge is -2.03. The monoisotopic (exact) mass is 347 g/mol. The number of thiophene rings is 1. The second-order valence-electron chi connectivity index (χ2n) is 3.27. The zero-order chi connectivity index (χ0) is 11.5. The predicted molar refractivity (Wildman–Crippen MR) is 71.4 cm³/mol. The Morgan fingerprint density at radius 3 is 3.06 bits per heavy atom. The molecule has 0 unspecified atom stereocenters. The van der Waals surface area contributed by atoms with Crippen molar-refractivity contribution >= 4 is 39.8 Å². The van der Waals surface area contributed by atoms with Crippen LogP contribution < -0.4 is 5.32 Å². The molecule has 0 bridgehead atoms. The van der Waals surface area contributed by atoms with E-state index in [2.05, 4.69) is 33.0 Å². The van der Waals surface area contributed by atoms with Crippen molar-refractivity contribution in [3.8, 4) is 0 Å². The molecule has 1 amide bonds. The van der Waals surface area contributed by atoms with Gasteiger partial charge >= 0.3 is 0 Å². The van der Waals surface area contributed by atoms with Gasteiger partial charge in [-0.15, -0.1) is 11.3 Å². The Hall–Kier alpha value is -0.890. The molecule has 2 rings (SSSR count). The molecule has 4 nitrogen and oxygen atoms in total. The van der Waals surface area contributed by atoms with E-state index in [1.807, 2.05) is 24.6 Å². The summed E-state index contributed by atoms with van der Waals surface area (Å²) in [6.07, 6.45) is 1.72. The molecule has 0 radical (unpaired) electrons. The fourth-order valence-corrected chi connectivity index (χ4v) is 2.60. The van der Waals surface area contributed by atoms with Gasteiger partial charge in [0.25, 0.3) is 5.91 Å². The van der Waals surface area contributed by atoms with Gasteiger partial charge in [0.05, 0.1) is 20.7 Å². The highest BCUT2D eigenvalue weighted by Gasteiger charge is 2.08. The standard InChI is InChI=1S/C10H10IN3OS/c1-14-8(2-3-13-14)5-12-10(15)7-4-9(11)16-6-7/h2-4,6H,5H2,1H3,(H,12,15). The second-order valence-corrected chi connectivity index (χ2v) is 6.07. The van der Waals surface area contributed by atoms with Gasteiger partial charge < -0.3 is 5.32 Å². The van der Waals surface area contributed by atoms with Crippen LogP contribution in [-0.2, 0) is 13.6 Å². The molecule has 2 aromatic rings. The Balaban J connectivity index is 1.96. The smallest absolute Gasteiger partial charge is 0.252 e. The molecule has 1 N–H and O–H groups in total. The summed E-state index contributed by atoms with van der Waals surface area (Å²) in [5, 5.41) is 8.76. The van der Waals surface area contributed by atoms with Crippen LogP contribution in [0.2, 0.25) is 0 Å². The molecule has 2 heterocycles. The van der Waals surface area contributed by atoms with E-state index < -0.39 is 0 Å². The fourth-order valence-electron chi connectivity index (χ4n) is 1.28. The molecule has 6 heteroatoms. The summed E-state index contributed by atoms with van der Waals surface area (Å²) >= 11 is 3.77. The van der Waals surface area contributed by atoms with E-state index in [1.165, 1.54) is 0 Å². The van der Waals surface area contributed by atoms with Gasteiger partial charge in [0.15, 0.2) is 0 Å². The van der Waals surface area contributed by atoms with Crippen molar-refractivity contribution in [1.82, 2.24) is 15.1 Å². The third-order valence-electron chi connectivity index (χ3n) is 2.18. The van der Waals surface area contributed by atoms with Crippen LogP contribution in [0.4, 0.5) is 0 Å². The van der Waals surface area contributed by atoms with Crippen molar-refractivity contribution in [2.45, 2.75) is 6.54 Å². The van der Waals surface area contributed by atoms with Crippen LogP contribution in [0.3, 0.4) is 0 Å². The Bertz CT molecular complexity index is 506. The summed E-state index contributed by atoms with van der Waals surface area (Å²) < 4.78 is 2.86. The molecule has 0 saturated heterocycles. The van der Waals surface area contributed by atoms with Gasteiger partial charge in [-0.3, -0.25) is 9.48 Å². The number of hydrogen-bond acceptors (Lipinski definition) is 3. The third kappa shape index (κ3) is 2.62. The van der Waals surface area contributed by atoms with Gasteiger partial charge in [-0.05, 0) is 34.7 Å². The van der Waals surface area contributed by atoms with Crippen LogP contribution in [0, 0.1) is 2.88 Å². The Morgan fingerprint density at radius 2 is 2.50 bits per heavy atom. The van der Waals surface area contributed by atoms with E-state index in [0.717, 1.165) is 14.1 Å². The van der Waals surface area contributed by atoms with Gasteiger partial charge in [0.1, 0.15) is 0 Å². The van der Waals surface area contributed by atoms with Crippen LogP contribution in [0.1, 0.15) is 16.1 Å². The second kappa shape index (κ2) is 4.96. The van der Waals surface area contributed by atoms with Gasteiger partial charge in [0, 0.05) is 18.6 Å². The molecule has 0 atom stereocenters. The highest BCUT2D eigenvalue weighted by Crippen LogP contribution is 2.16. The molecule has 0 spiro atoms. The van der Waals surface area contributed by atoms with Gasteiger partial charge in [-0.25, -0.2) is 0 Å². The maximum Gasteiger partial charge on any atom is 0.252 e. The molecule has 0 aliphatic rings. The summed E-state index contributed by atoms with van der Waals surface area (Å²) in [4.78, 5) is 11.7. The maximum absolute atomic E-state index is 11.7. The summed E-state index contributed by atoms with van der Waals surface area (Å²) in [5.74, 6) is -0.0413. The Kier molecular flexibility index (Phi) is 3.59. The number of carbonyl (C=O) groups excluding carboxylic acids is 1. The molecule has 0 aromatic carbocycles. The number of aromatic nitrogens is 2. The molecular formula is C10H10IN3OS. The minimum atomic E-state index is -0.0413. The van der Waals surface area contributed by atoms with Crippen molar-refractivity contribution in [2.75, 3.05) is 0 Å². The number of halogens is 1. The number of aryl methyl sites for hydroxylation is 1. The number of amides is 1. The lowest BCUT2D eigenvalue weighted by Crippen LogP contribution is -2.23. The topological polar surface area (TPSA) is 46.9 Å². The fraction of sp³-hybridized carbons (Fsp3) is 0.200. The zero-order valence-electron chi connectivity index (χ0n) is 8.61. The zero-order valence-corrected chi connectivity index (χ0v) is 11.6. The molecular weight excluding hydrogens is 337 g/mol. The quantitative estimate of drug-likeness (QED) is 0.864. The van der Waals surface area contributed by atoms with Crippen molar-refractivity contribution in [3.63, 3.8) is 0 Å². The normalized spacial score (nSPS) is 10.4. The molecule has 0 aliphatic carbocycles. The van der Waals surface area contributed by atoms with Crippen molar-refractivity contribution in [3.05, 3.63) is 37.9 Å². The van der Waals surface area contributed by atoms with E-state index in [1.54, 1.807) is 22.2 Å². The van der Waals surface area contributed by atoms with Crippen LogP contribution in [-0.4, -0.2) is 15.7 Å². The van der Waals surface area contributed by atoms with E-state index in [9.17, 15) is 4.79 Å². The summed E-state index contributed by atoms with van der Waals surface area (Å²) in [6, 6.07) is 3.77. The van der Waals surface area contributed by atoms with Crippen molar-refractivity contribution in [1.29, 1.82) is 0 Å². The van der Waals surface area contributed by atoms with E-state index in [4.69, 9.17) is 0 Å². The largest absolute Gasteiger partial charge is 0.346 e. The molecule has 0 saturated carbocycles. The first-order chi connectivity index (χ1) is 7.66. The van der Waals surface area contributed by atoms with Crippen molar-refractivity contribution in [2.24, 2.45) is 7.05 Å². The van der Waals surface area contributed by atoms with E-state index in [0.29, 0.717) is 6.54 Å². The lowest BCUT2D eigenvalue weighted by molar-refractivity contribution is 0.0950. The molecule has 84 valence electrons. The highest BCUT2D eigenvalue weighted by atomic mass is 127. The maximum atomic E-state index is 11.7. The van der Waals surface area contributed by atoms with Gasteiger partial charge in [-0.2, -0.15) is 5.10 Å². The predicted octanol–water partition coefficient (Wildman–Crippen LogP) is 2.02. The van der Waals surface area contributed by atoms with Gasteiger partial charge in [-0.1, -0.05) is 0 Å². The SMILES string of the molecule is Cn1nccc1CNC(=O)c1csc(I)c1. The average Bonchev–Trinajstić information content (AvgIpc) is 2.84. The number of hydrogen-bond donors (Lipinski definition) is 1. The third-order valence-corrected chi connectivity index (χ3v) is 3.97. The average molecular weight is 347 g/mol. The van der Waals surface area contributed by atoms with Crippen LogP contribution in [0.15, 0.2) is 23.7 Å². The number of nitrogens with one attached hydrogen (secondary N) is 1. The molecule has 0 fully saturated rings. The first-order valence-electron chi connectivity index (χ1n) is 4.66. The molecule has 2 aromatic heterocycles.